The Kier molecular flexibility index (Phi) is 3.83. The molecule has 2 rings (SSSR count). The Morgan fingerprint density at radius 3 is 2.67 bits per heavy atom. The van der Waals surface area contributed by atoms with Gasteiger partial charge in [0.25, 0.3) is 0 Å². The van der Waals surface area contributed by atoms with Crippen molar-refractivity contribution in [1.29, 1.82) is 0 Å². The van der Waals surface area contributed by atoms with Gasteiger partial charge < -0.3 is 9.72 Å². The zero-order valence-corrected chi connectivity index (χ0v) is 10.8. The number of aromatic nitrogens is 2. The van der Waals surface area contributed by atoms with Crippen molar-refractivity contribution in [2.24, 2.45) is 0 Å². The lowest BCUT2D eigenvalue weighted by Crippen LogP contribution is -2.04. The number of imidazole rings is 1. The highest BCUT2D eigenvalue weighted by Gasteiger charge is 2.33. The lowest BCUT2D eigenvalue weighted by atomic mass is 10.2. The largest absolute Gasteiger partial charge is 0.487 e. The van der Waals surface area contributed by atoms with Crippen molar-refractivity contribution in [3.63, 3.8) is 0 Å². The molecule has 0 aliphatic rings. The summed E-state index contributed by atoms with van der Waals surface area (Å²) in [5.41, 5.74) is -1.19. The number of alkyl halides is 3. The fourth-order valence-electron chi connectivity index (χ4n) is 1.70. The van der Waals surface area contributed by atoms with Gasteiger partial charge in [0.2, 0.25) is 0 Å². The van der Waals surface area contributed by atoms with Gasteiger partial charge in [0.15, 0.2) is 5.75 Å². The molecule has 0 bridgehead atoms. The van der Waals surface area contributed by atoms with E-state index in [1.54, 1.807) is 6.92 Å². The summed E-state index contributed by atoms with van der Waals surface area (Å²) in [6.45, 7) is 1.90. The molecule has 0 spiro atoms. The summed E-state index contributed by atoms with van der Waals surface area (Å²) >= 11 is 0. The van der Waals surface area contributed by atoms with Crippen molar-refractivity contribution in [3.8, 4) is 17.1 Å². The number of hydrogen-bond acceptors (Lipinski definition) is 4. The van der Waals surface area contributed by atoms with Crippen LogP contribution >= 0.6 is 0 Å². The number of nitrogens with zero attached hydrogens (tertiary/aromatic N) is 2. The zero-order valence-electron chi connectivity index (χ0n) is 10.8. The molecule has 2 aromatic rings. The van der Waals surface area contributed by atoms with Gasteiger partial charge in [-0.3, -0.25) is 10.1 Å². The van der Waals surface area contributed by atoms with Crippen LogP contribution < -0.4 is 4.74 Å². The standard InChI is InChI=1S/C12H10F3N3O3/c1-2-21-9-4-3-7(5-8(9)18(19)20)11-16-6-10(17-11)12(13,14)15/h3-6H,2H2,1H3,(H,16,17). The molecule has 1 heterocycles. The van der Waals surface area contributed by atoms with E-state index in [1.807, 2.05) is 0 Å². The van der Waals surface area contributed by atoms with Crippen LogP contribution in [-0.2, 0) is 6.18 Å². The molecule has 1 aromatic carbocycles. The molecule has 0 fully saturated rings. The summed E-state index contributed by atoms with van der Waals surface area (Å²) in [7, 11) is 0. The van der Waals surface area contributed by atoms with Gasteiger partial charge in [-0.05, 0) is 19.1 Å². The topological polar surface area (TPSA) is 81.0 Å². The highest BCUT2D eigenvalue weighted by atomic mass is 19.4. The molecule has 0 saturated heterocycles. The molecule has 0 atom stereocenters. The van der Waals surface area contributed by atoms with Crippen LogP contribution in [0.2, 0.25) is 0 Å². The third-order valence-corrected chi connectivity index (χ3v) is 2.61. The maximum atomic E-state index is 12.5. The minimum atomic E-state index is -4.55. The third kappa shape index (κ3) is 3.12. The summed E-state index contributed by atoms with van der Waals surface area (Å²) < 4.78 is 42.6. The highest BCUT2D eigenvalue weighted by Crippen LogP contribution is 2.33. The van der Waals surface area contributed by atoms with Crippen LogP contribution in [-0.4, -0.2) is 21.5 Å². The summed E-state index contributed by atoms with van der Waals surface area (Å²) in [4.78, 5) is 16.0. The molecule has 9 heteroatoms. The van der Waals surface area contributed by atoms with Gasteiger partial charge in [-0.25, -0.2) is 4.98 Å². The summed E-state index contributed by atoms with van der Waals surface area (Å²) in [5.74, 6) is -0.0534. The van der Waals surface area contributed by atoms with Crippen LogP contribution in [0, 0.1) is 10.1 Å². The van der Waals surface area contributed by atoms with E-state index in [0.717, 1.165) is 6.07 Å². The van der Waals surface area contributed by atoms with Crippen molar-refractivity contribution < 1.29 is 22.8 Å². The van der Waals surface area contributed by atoms with E-state index >= 15 is 0 Å². The van der Waals surface area contributed by atoms with Gasteiger partial charge in [-0.1, -0.05) is 0 Å². The van der Waals surface area contributed by atoms with Crippen LogP contribution in [0.3, 0.4) is 0 Å². The molecule has 1 N–H and O–H groups in total. The van der Waals surface area contributed by atoms with Crippen LogP contribution in [0.5, 0.6) is 5.75 Å². The monoisotopic (exact) mass is 301 g/mol. The van der Waals surface area contributed by atoms with Crippen molar-refractivity contribution in [2.45, 2.75) is 13.1 Å². The number of halogens is 3. The minimum absolute atomic E-state index is 0.0499. The van der Waals surface area contributed by atoms with Gasteiger partial charge in [-0.2, -0.15) is 13.2 Å². The molecule has 0 aliphatic carbocycles. The van der Waals surface area contributed by atoms with E-state index < -0.39 is 16.8 Å². The Balaban J connectivity index is 2.43. The van der Waals surface area contributed by atoms with Crippen molar-refractivity contribution in [2.75, 3.05) is 6.61 Å². The first-order chi connectivity index (χ1) is 9.82. The summed E-state index contributed by atoms with van der Waals surface area (Å²) in [5, 5.41) is 11.0. The fourth-order valence-corrected chi connectivity index (χ4v) is 1.70. The number of ether oxygens (including phenoxy) is 1. The number of aromatic amines is 1. The van der Waals surface area contributed by atoms with Crippen LogP contribution in [0.4, 0.5) is 18.9 Å². The number of H-pyrrole nitrogens is 1. The number of benzene rings is 1. The van der Waals surface area contributed by atoms with Crippen LogP contribution in [0.25, 0.3) is 11.4 Å². The van der Waals surface area contributed by atoms with Gasteiger partial charge in [0, 0.05) is 11.6 Å². The van der Waals surface area contributed by atoms with E-state index in [4.69, 9.17) is 4.74 Å². The van der Waals surface area contributed by atoms with Crippen molar-refractivity contribution >= 4 is 5.69 Å². The Morgan fingerprint density at radius 2 is 2.14 bits per heavy atom. The average Bonchev–Trinajstić information content (AvgIpc) is 2.88. The first-order valence-corrected chi connectivity index (χ1v) is 5.86. The minimum Gasteiger partial charge on any atom is -0.487 e. The molecule has 112 valence electrons. The van der Waals surface area contributed by atoms with E-state index in [0.29, 0.717) is 6.20 Å². The second-order valence-electron chi connectivity index (χ2n) is 4.02. The van der Waals surface area contributed by atoms with Gasteiger partial charge in [0.05, 0.1) is 17.7 Å². The summed E-state index contributed by atoms with van der Waals surface area (Å²) in [6, 6.07) is 3.84. The predicted octanol–water partition coefficient (Wildman–Crippen LogP) is 3.40. The molecular formula is C12H10F3N3O3. The second kappa shape index (κ2) is 5.43. The molecule has 6 nitrogen and oxygen atoms in total. The highest BCUT2D eigenvalue weighted by molar-refractivity contribution is 5.63. The molecule has 21 heavy (non-hydrogen) atoms. The van der Waals surface area contributed by atoms with Gasteiger partial charge in [0.1, 0.15) is 11.5 Å². The number of rotatable bonds is 4. The Hall–Kier alpha value is -2.58. The first kappa shape index (κ1) is 14.8. The molecule has 1 aromatic heterocycles. The maximum absolute atomic E-state index is 12.5. The average molecular weight is 301 g/mol. The quantitative estimate of drug-likeness (QED) is 0.693. The van der Waals surface area contributed by atoms with Crippen molar-refractivity contribution in [3.05, 3.63) is 40.2 Å². The molecule has 0 radical (unpaired) electrons. The van der Waals surface area contributed by atoms with Crippen LogP contribution in [0.15, 0.2) is 24.4 Å². The predicted molar refractivity (Wildman–Crippen MR) is 66.8 cm³/mol. The Labute approximate surface area is 116 Å². The Bertz CT molecular complexity index is 667. The molecule has 0 aliphatic heterocycles. The number of nitrogens with one attached hydrogen (secondary N) is 1. The first-order valence-electron chi connectivity index (χ1n) is 5.86. The van der Waals surface area contributed by atoms with Crippen LogP contribution in [0.1, 0.15) is 12.6 Å². The summed E-state index contributed by atoms with van der Waals surface area (Å²) in [6.07, 6.45) is -3.92. The Morgan fingerprint density at radius 1 is 1.43 bits per heavy atom. The number of nitro groups is 1. The van der Waals surface area contributed by atoms with Gasteiger partial charge >= 0.3 is 11.9 Å². The number of nitro benzene ring substituents is 1. The second-order valence-corrected chi connectivity index (χ2v) is 4.02. The SMILES string of the molecule is CCOc1ccc(-c2ncc(C(F)(F)F)[nH]2)cc1[N+](=O)[O-]. The van der Waals surface area contributed by atoms with E-state index in [2.05, 4.69) is 9.97 Å². The number of hydrogen-bond donors (Lipinski definition) is 1. The molecule has 0 unspecified atom stereocenters. The van der Waals surface area contributed by atoms with Gasteiger partial charge in [-0.15, -0.1) is 0 Å². The third-order valence-electron chi connectivity index (χ3n) is 2.61. The molecule has 0 saturated carbocycles. The normalized spacial score (nSPS) is 11.4. The van der Waals surface area contributed by atoms with E-state index in [1.165, 1.54) is 12.1 Å². The lowest BCUT2D eigenvalue weighted by molar-refractivity contribution is -0.385. The van der Waals surface area contributed by atoms with Crippen molar-refractivity contribution in [1.82, 2.24) is 9.97 Å². The fraction of sp³-hybridized carbons (Fsp3) is 0.250. The lowest BCUT2D eigenvalue weighted by Gasteiger charge is -2.05. The van der Waals surface area contributed by atoms with E-state index in [9.17, 15) is 23.3 Å². The molecular weight excluding hydrogens is 291 g/mol. The smallest absolute Gasteiger partial charge is 0.432 e. The van der Waals surface area contributed by atoms with E-state index in [-0.39, 0.29) is 29.4 Å². The zero-order chi connectivity index (χ0) is 15.6. The molecule has 0 amide bonds. The maximum Gasteiger partial charge on any atom is 0.432 e.